The molecule has 3 aromatic rings. The summed E-state index contributed by atoms with van der Waals surface area (Å²) in [6.07, 6.45) is 3.31. The van der Waals surface area contributed by atoms with Gasteiger partial charge in [-0.05, 0) is 26.1 Å². The molecule has 2 unspecified atom stereocenters. The fraction of sp³-hybridized carbons (Fsp3) is 0.353. The molecular formula is C17H22Cl2F2N6O. The second-order valence-electron chi connectivity index (χ2n) is 6.01. The SMILES string of the molecule is CNC(C(=O)NC(C)c1nc2ccccc2n1C(F)F)c1cnn(C)c1.Cl.Cl. The van der Waals surface area contributed by atoms with Crippen LogP contribution >= 0.6 is 24.8 Å². The second-order valence-corrected chi connectivity index (χ2v) is 6.01. The maximum atomic E-state index is 13.6. The van der Waals surface area contributed by atoms with E-state index in [1.54, 1.807) is 62.4 Å². The number of aromatic nitrogens is 4. The van der Waals surface area contributed by atoms with E-state index in [4.69, 9.17) is 0 Å². The van der Waals surface area contributed by atoms with E-state index in [0.29, 0.717) is 16.6 Å². The van der Waals surface area contributed by atoms with E-state index >= 15 is 0 Å². The third-order valence-electron chi connectivity index (χ3n) is 4.17. The van der Waals surface area contributed by atoms with Crippen molar-refractivity contribution in [2.24, 2.45) is 7.05 Å². The van der Waals surface area contributed by atoms with Crippen LogP contribution in [-0.2, 0) is 11.8 Å². The Morgan fingerprint density at radius 3 is 2.46 bits per heavy atom. The minimum absolute atomic E-state index is 0. The van der Waals surface area contributed by atoms with Crippen molar-refractivity contribution >= 4 is 41.8 Å². The molecule has 28 heavy (non-hydrogen) atoms. The topological polar surface area (TPSA) is 76.8 Å². The number of nitrogens with zero attached hydrogens (tertiary/aromatic N) is 4. The highest BCUT2D eigenvalue weighted by Gasteiger charge is 2.26. The molecule has 0 spiro atoms. The van der Waals surface area contributed by atoms with Gasteiger partial charge in [-0.1, -0.05) is 12.1 Å². The number of imidazole rings is 1. The van der Waals surface area contributed by atoms with Crippen LogP contribution in [0.15, 0.2) is 36.7 Å². The lowest BCUT2D eigenvalue weighted by atomic mass is 10.1. The predicted molar refractivity (Wildman–Crippen MR) is 107 cm³/mol. The monoisotopic (exact) mass is 434 g/mol. The number of hydrogen-bond acceptors (Lipinski definition) is 4. The number of alkyl halides is 2. The Morgan fingerprint density at radius 1 is 1.21 bits per heavy atom. The molecule has 11 heteroatoms. The molecule has 0 fully saturated rings. The third-order valence-corrected chi connectivity index (χ3v) is 4.17. The van der Waals surface area contributed by atoms with Gasteiger partial charge in [0.15, 0.2) is 0 Å². The Kier molecular flexibility index (Phi) is 8.34. The average molecular weight is 435 g/mol. The predicted octanol–water partition coefficient (Wildman–Crippen LogP) is 3.15. The van der Waals surface area contributed by atoms with Crippen LogP contribution in [0.25, 0.3) is 11.0 Å². The first-order valence-corrected chi connectivity index (χ1v) is 8.13. The number of aryl methyl sites for hydroxylation is 1. The molecule has 154 valence electrons. The number of benzene rings is 1. The molecule has 2 atom stereocenters. The maximum Gasteiger partial charge on any atom is 0.320 e. The largest absolute Gasteiger partial charge is 0.345 e. The number of carbonyl (C=O) groups excluding carboxylic acids is 1. The summed E-state index contributed by atoms with van der Waals surface area (Å²) in [5.41, 5.74) is 1.47. The molecule has 0 bridgehead atoms. The molecule has 0 aliphatic carbocycles. The van der Waals surface area contributed by atoms with E-state index in [-0.39, 0.29) is 36.5 Å². The third kappa shape index (κ3) is 4.60. The van der Waals surface area contributed by atoms with E-state index in [1.807, 2.05) is 0 Å². The highest BCUT2D eigenvalue weighted by atomic mass is 35.5. The van der Waals surface area contributed by atoms with Gasteiger partial charge in [0.05, 0.1) is 23.3 Å². The lowest BCUT2D eigenvalue weighted by molar-refractivity contribution is -0.124. The first-order valence-electron chi connectivity index (χ1n) is 8.13. The lowest BCUT2D eigenvalue weighted by Crippen LogP contribution is -2.38. The molecule has 0 radical (unpaired) electrons. The molecule has 0 aliphatic heterocycles. The van der Waals surface area contributed by atoms with Crippen LogP contribution in [0.2, 0.25) is 0 Å². The zero-order valence-corrected chi connectivity index (χ0v) is 17.1. The summed E-state index contributed by atoms with van der Waals surface area (Å²) < 4.78 is 29.6. The molecule has 1 aromatic carbocycles. The van der Waals surface area contributed by atoms with Gasteiger partial charge in [0.1, 0.15) is 11.9 Å². The smallest absolute Gasteiger partial charge is 0.320 e. The quantitative estimate of drug-likeness (QED) is 0.624. The van der Waals surface area contributed by atoms with Gasteiger partial charge in [-0.3, -0.25) is 14.0 Å². The van der Waals surface area contributed by atoms with Crippen LogP contribution in [0.3, 0.4) is 0 Å². The minimum Gasteiger partial charge on any atom is -0.345 e. The van der Waals surface area contributed by atoms with E-state index in [0.717, 1.165) is 4.57 Å². The number of amides is 1. The first kappa shape index (κ1) is 23.8. The number of nitrogens with one attached hydrogen (secondary N) is 2. The summed E-state index contributed by atoms with van der Waals surface area (Å²) in [6, 6.07) is 5.32. The van der Waals surface area contributed by atoms with Crippen LogP contribution in [0.4, 0.5) is 8.78 Å². The zero-order valence-electron chi connectivity index (χ0n) is 15.5. The number of carbonyl (C=O) groups is 1. The Labute approximate surface area is 173 Å². The number of para-hydroxylation sites is 2. The van der Waals surface area contributed by atoms with E-state index in [2.05, 4.69) is 20.7 Å². The molecular weight excluding hydrogens is 413 g/mol. The molecule has 2 aromatic heterocycles. The van der Waals surface area contributed by atoms with Gasteiger partial charge >= 0.3 is 6.55 Å². The van der Waals surface area contributed by atoms with Crippen molar-refractivity contribution in [1.82, 2.24) is 30.0 Å². The molecule has 0 aliphatic rings. The van der Waals surface area contributed by atoms with Crippen molar-refractivity contribution < 1.29 is 13.6 Å². The van der Waals surface area contributed by atoms with Gasteiger partial charge in [-0.2, -0.15) is 13.9 Å². The number of hydrogen-bond donors (Lipinski definition) is 2. The fourth-order valence-electron chi connectivity index (χ4n) is 2.97. The molecule has 7 nitrogen and oxygen atoms in total. The number of likely N-dealkylation sites (N-methyl/N-ethyl adjacent to an activating group) is 1. The van der Waals surface area contributed by atoms with Crippen molar-refractivity contribution in [1.29, 1.82) is 0 Å². The Morgan fingerprint density at radius 2 is 1.89 bits per heavy atom. The summed E-state index contributed by atoms with van der Waals surface area (Å²) in [6.45, 7) is -1.12. The Bertz CT molecular complexity index is 929. The normalized spacial score (nSPS) is 12.9. The lowest BCUT2D eigenvalue weighted by Gasteiger charge is -2.19. The van der Waals surface area contributed by atoms with Gasteiger partial charge in [0, 0.05) is 18.8 Å². The Balaban J connectivity index is 0.00000196. The van der Waals surface area contributed by atoms with Gasteiger partial charge in [-0.15, -0.1) is 24.8 Å². The summed E-state index contributed by atoms with van der Waals surface area (Å²) in [5, 5.41) is 9.72. The zero-order chi connectivity index (χ0) is 18.8. The van der Waals surface area contributed by atoms with Crippen molar-refractivity contribution in [3.05, 3.63) is 48.0 Å². The first-order chi connectivity index (χ1) is 12.4. The maximum absolute atomic E-state index is 13.6. The fourth-order valence-corrected chi connectivity index (χ4v) is 2.97. The van der Waals surface area contributed by atoms with Crippen molar-refractivity contribution in [3.63, 3.8) is 0 Å². The molecule has 0 saturated heterocycles. The molecule has 3 rings (SSSR count). The summed E-state index contributed by atoms with van der Waals surface area (Å²) in [7, 11) is 3.40. The summed E-state index contributed by atoms with van der Waals surface area (Å²) in [4.78, 5) is 16.9. The highest BCUT2D eigenvalue weighted by molar-refractivity contribution is 5.85. The number of rotatable bonds is 6. The number of halogens is 4. The minimum atomic E-state index is -2.75. The second kappa shape index (κ2) is 9.81. The van der Waals surface area contributed by atoms with Crippen molar-refractivity contribution in [3.8, 4) is 0 Å². The average Bonchev–Trinajstić information content (AvgIpc) is 3.19. The van der Waals surface area contributed by atoms with E-state index in [9.17, 15) is 13.6 Å². The van der Waals surface area contributed by atoms with Crippen LogP contribution in [0.5, 0.6) is 0 Å². The van der Waals surface area contributed by atoms with Crippen molar-refractivity contribution in [2.45, 2.75) is 25.6 Å². The standard InChI is InChI=1S/C17H20F2N6O.2ClH/c1-10(22-16(26)14(20-2)11-8-21-24(3)9-11)15-23-12-6-4-5-7-13(12)25(15)17(18)19;;/h4-10,14,17,20H,1-3H3,(H,22,26);2*1H. The van der Waals surface area contributed by atoms with Gasteiger partial charge in [0.2, 0.25) is 5.91 Å². The molecule has 1 amide bonds. The van der Waals surface area contributed by atoms with Crippen LogP contribution in [-0.4, -0.2) is 32.3 Å². The molecule has 2 N–H and O–H groups in total. The van der Waals surface area contributed by atoms with Crippen LogP contribution < -0.4 is 10.6 Å². The van der Waals surface area contributed by atoms with Crippen LogP contribution in [0.1, 0.15) is 36.9 Å². The summed E-state index contributed by atoms with van der Waals surface area (Å²) in [5.74, 6) is -0.239. The van der Waals surface area contributed by atoms with Gasteiger partial charge < -0.3 is 10.6 Å². The molecule has 2 heterocycles. The molecule has 0 saturated carbocycles. The van der Waals surface area contributed by atoms with Gasteiger partial charge in [-0.25, -0.2) is 4.98 Å². The van der Waals surface area contributed by atoms with E-state index < -0.39 is 18.6 Å². The van der Waals surface area contributed by atoms with Crippen LogP contribution in [0, 0.1) is 0 Å². The van der Waals surface area contributed by atoms with E-state index in [1.165, 1.54) is 0 Å². The highest BCUT2D eigenvalue weighted by Crippen LogP contribution is 2.27. The number of fused-ring (bicyclic) bond motifs is 1. The summed E-state index contributed by atoms with van der Waals surface area (Å²) >= 11 is 0. The van der Waals surface area contributed by atoms with Gasteiger partial charge in [0.25, 0.3) is 0 Å². The van der Waals surface area contributed by atoms with Crippen molar-refractivity contribution in [2.75, 3.05) is 7.05 Å². The Hall–Kier alpha value is -2.23.